The molecule has 3 aromatic carbocycles. The molecule has 0 radical (unpaired) electrons. The van der Waals surface area contributed by atoms with Crippen molar-refractivity contribution in [2.75, 3.05) is 60.2 Å². The normalized spacial score (nSPS) is 15.0. The van der Waals surface area contributed by atoms with E-state index in [1.807, 2.05) is 24.1 Å². The molecular formula is C32H37Cl2N5O5S2. The number of carbonyl (C=O) groups is 2. The number of rotatable bonds is 12. The number of sulfonamides is 1. The molecule has 1 unspecified atom stereocenters. The Morgan fingerprint density at radius 1 is 1.00 bits per heavy atom. The van der Waals surface area contributed by atoms with Crippen LogP contribution in [-0.4, -0.2) is 95.7 Å². The number of nitrogens with zero attached hydrogens (tertiary/aromatic N) is 3. The van der Waals surface area contributed by atoms with Gasteiger partial charge in [0.15, 0.2) is 0 Å². The minimum absolute atomic E-state index is 0.0646. The van der Waals surface area contributed by atoms with Gasteiger partial charge in [-0.25, -0.2) is 12.6 Å². The summed E-state index contributed by atoms with van der Waals surface area (Å²) in [5.41, 5.74) is 10.0. The monoisotopic (exact) mass is 705 g/mol. The fourth-order valence-electron chi connectivity index (χ4n) is 5.85. The lowest BCUT2D eigenvalue weighted by Gasteiger charge is -2.32. The predicted octanol–water partition coefficient (Wildman–Crippen LogP) is 4.84. The van der Waals surface area contributed by atoms with Crippen molar-refractivity contribution < 1.29 is 22.2 Å². The average molecular weight is 707 g/mol. The Labute approximate surface area is 281 Å². The highest BCUT2D eigenvalue weighted by Gasteiger charge is 2.30. The molecule has 0 saturated carbocycles. The summed E-state index contributed by atoms with van der Waals surface area (Å²) < 4.78 is 41.5. The van der Waals surface area contributed by atoms with Crippen LogP contribution in [0.2, 0.25) is 0 Å². The van der Waals surface area contributed by atoms with Crippen LogP contribution in [0.3, 0.4) is 0 Å². The molecule has 1 atom stereocenters. The van der Waals surface area contributed by atoms with E-state index >= 15 is 0 Å². The molecule has 1 aliphatic heterocycles. The summed E-state index contributed by atoms with van der Waals surface area (Å²) in [6, 6.07) is 14.0. The Kier molecular flexibility index (Phi) is 10.6. The summed E-state index contributed by atoms with van der Waals surface area (Å²) in [6.45, 7) is 4.66. The number of aromatic amines is 1. The first-order valence-corrected chi connectivity index (χ1v) is 18.9. The number of amides is 2. The number of H-pyrrole nitrogens is 1. The molecule has 1 aliphatic rings. The molecule has 0 aliphatic carbocycles. The number of hydrogen-bond acceptors (Lipinski definition) is 6. The van der Waals surface area contributed by atoms with Crippen LogP contribution in [0.1, 0.15) is 39.1 Å². The zero-order valence-corrected chi connectivity index (χ0v) is 28.9. The number of primary amides is 1. The number of hydrogen-bond donors (Lipinski definition) is 2. The van der Waals surface area contributed by atoms with Gasteiger partial charge in [0.05, 0.1) is 22.5 Å². The van der Waals surface area contributed by atoms with Gasteiger partial charge in [-0.15, -0.1) is 23.2 Å². The molecule has 0 spiro atoms. The molecule has 5 rings (SSSR count). The zero-order valence-electron chi connectivity index (χ0n) is 25.7. The van der Waals surface area contributed by atoms with E-state index in [1.165, 1.54) is 0 Å². The van der Waals surface area contributed by atoms with Crippen LogP contribution < -0.4 is 9.44 Å². The quantitative estimate of drug-likeness (QED) is 0.203. The number of carbonyl (C=O) groups excluding carboxylic acids is 2. The Balaban J connectivity index is 1.66. The van der Waals surface area contributed by atoms with Crippen molar-refractivity contribution in [3.05, 3.63) is 65.2 Å². The highest BCUT2D eigenvalue weighted by Crippen LogP contribution is 2.40. The van der Waals surface area contributed by atoms with Crippen LogP contribution in [0.15, 0.2) is 48.5 Å². The van der Waals surface area contributed by atoms with E-state index in [9.17, 15) is 22.2 Å². The number of anilines is 1. The smallest absolute Gasteiger partial charge is 0.254 e. The van der Waals surface area contributed by atoms with Gasteiger partial charge in [-0.2, -0.15) is 3.71 Å². The number of halogens is 2. The van der Waals surface area contributed by atoms with Crippen molar-refractivity contribution in [1.29, 1.82) is 0 Å². The summed E-state index contributed by atoms with van der Waals surface area (Å²) in [5, 5.41) is 1.47. The zero-order chi connectivity index (χ0) is 33.2. The fourth-order valence-corrected chi connectivity index (χ4v) is 10.0. The first kappa shape index (κ1) is 34.2. The first-order valence-electron chi connectivity index (χ1n) is 15.0. The van der Waals surface area contributed by atoms with Gasteiger partial charge in [-0.05, 0) is 67.8 Å². The number of piperazine rings is 1. The first-order chi connectivity index (χ1) is 22.0. The van der Waals surface area contributed by atoms with Gasteiger partial charge in [0.25, 0.3) is 11.8 Å². The lowest BCUT2D eigenvalue weighted by molar-refractivity contribution is 0.0664. The maximum atomic E-state index is 13.5. The van der Waals surface area contributed by atoms with E-state index in [0.717, 1.165) is 22.2 Å². The molecule has 4 aromatic rings. The van der Waals surface area contributed by atoms with Crippen molar-refractivity contribution in [2.24, 2.45) is 5.73 Å². The van der Waals surface area contributed by atoms with E-state index in [4.69, 9.17) is 28.9 Å². The topological polar surface area (TPSA) is 137 Å². The maximum absolute atomic E-state index is 13.5. The highest BCUT2D eigenvalue weighted by atomic mass is 35.5. The molecule has 10 nitrogen and oxygen atoms in total. The second-order valence-corrected chi connectivity index (χ2v) is 15.7. The predicted molar refractivity (Wildman–Crippen MR) is 188 cm³/mol. The van der Waals surface area contributed by atoms with Gasteiger partial charge in [0.2, 0.25) is 10.0 Å². The van der Waals surface area contributed by atoms with Gasteiger partial charge < -0.3 is 20.5 Å². The largest absolute Gasteiger partial charge is 0.366 e. The fraction of sp³-hybridized carbons (Fsp3) is 0.375. The third kappa shape index (κ3) is 6.77. The summed E-state index contributed by atoms with van der Waals surface area (Å²) in [4.78, 5) is 33.2. The third-order valence-corrected chi connectivity index (χ3v) is 12.7. The van der Waals surface area contributed by atoms with Crippen molar-refractivity contribution in [1.82, 2.24) is 14.8 Å². The molecule has 246 valence electrons. The lowest BCUT2D eigenvalue weighted by Crippen LogP contribution is -2.47. The number of benzene rings is 3. The van der Waals surface area contributed by atoms with Crippen molar-refractivity contribution >= 4 is 83.5 Å². The number of alkyl halides is 2. The van der Waals surface area contributed by atoms with Crippen LogP contribution in [0.25, 0.3) is 32.9 Å². The summed E-state index contributed by atoms with van der Waals surface area (Å²) in [5.74, 6) is -0.481. The Bertz CT molecular complexity index is 1920. The SMILES string of the molecule is Cc1c(-c2ccc(C(N)=O)c3[nH]c4cc(C(=O)N5CCN(C)CC5)ccc4c23)cccc1N(S(=O)CCCCl)S(=O)(=O)CCCCl. The van der Waals surface area contributed by atoms with Gasteiger partial charge in [0.1, 0.15) is 11.0 Å². The molecule has 3 N–H and O–H groups in total. The Hall–Kier alpha value is -3.16. The second-order valence-electron chi connectivity index (χ2n) is 11.4. The van der Waals surface area contributed by atoms with Gasteiger partial charge in [0, 0.05) is 65.5 Å². The molecular weight excluding hydrogens is 669 g/mol. The Morgan fingerprint density at radius 3 is 2.39 bits per heavy atom. The molecule has 1 saturated heterocycles. The molecule has 2 heterocycles. The highest BCUT2D eigenvalue weighted by molar-refractivity contribution is 8.07. The molecule has 46 heavy (non-hydrogen) atoms. The maximum Gasteiger partial charge on any atom is 0.254 e. The van der Waals surface area contributed by atoms with E-state index in [-0.39, 0.29) is 46.8 Å². The van der Waals surface area contributed by atoms with Gasteiger partial charge >= 0.3 is 0 Å². The number of nitrogens with two attached hydrogens (primary N) is 1. The average Bonchev–Trinajstić information content (AvgIpc) is 3.42. The third-order valence-electron chi connectivity index (χ3n) is 8.27. The van der Waals surface area contributed by atoms with Crippen molar-refractivity contribution in [3.63, 3.8) is 0 Å². The van der Waals surface area contributed by atoms with Crippen LogP contribution >= 0.6 is 23.2 Å². The standard InChI is InChI=1S/C32H37Cl2N5O5S2/c1-21-23(6-3-7-28(21)39(45(42)18-4-12-33)46(43,44)19-5-13-34)24-10-11-26(31(35)40)30-29(24)25-9-8-22(20-27(25)36-30)32(41)38-16-14-37(2)15-17-38/h3,6-11,20,36H,4-5,12-19H2,1-2H3,(H2,35,40). The summed E-state index contributed by atoms with van der Waals surface area (Å²) in [7, 11) is -3.88. The Morgan fingerprint density at radius 2 is 1.72 bits per heavy atom. The minimum Gasteiger partial charge on any atom is -0.366 e. The number of likely N-dealkylation sites (N-methyl/N-ethyl adjacent to an activating group) is 1. The second kappa shape index (κ2) is 14.3. The van der Waals surface area contributed by atoms with Crippen LogP contribution in [-0.2, 0) is 21.0 Å². The van der Waals surface area contributed by atoms with E-state index < -0.39 is 26.9 Å². The van der Waals surface area contributed by atoms with E-state index in [1.54, 1.807) is 43.3 Å². The van der Waals surface area contributed by atoms with E-state index in [2.05, 4.69) is 9.88 Å². The van der Waals surface area contributed by atoms with Crippen LogP contribution in [0, 0.1) is 6.92 Å². The number of nitrogens with one attached hydrogen (secondary N) is 1. The van der Waals surface area contributed by atoms with Crippen LogP contribution in [0.5, 0.6) is 0 Å². The molecule has 14 heteroatoms. The van der Waals surface area contributed by atoms with Crippen molar-refractivity contribution in [3.8, 4) is 11.1 Å². The molecule has 1 aromatic heterocycles. The number of aromatic nitrogens is 1. The van der Waals surface area contributed by atoms with Gasteiger partial charge in [-0.3, -0.25) is 9.59 Å². The lowest BCUT2D eigenvalue weighted by atomic mass is 9.93. The molecule has 2 amide bonds. The molecule has 0 bridgehead atoms. The molecule has 1 fully saturated rings. The summed E-state index contributed by atoms with van der Waals surface area (Å²) in [6.07, 6.45) is 0.577. The van der Waals surface area contributed by atoms with Crippen molar-refractivity contribution in [2.45, 2.75) is 19.8 Å². The summed E-state index contributed by atoms with van der Waals surface area (Å²) >= 11 is 11.7. The van der Waals surface area contributed by atoms with Gasteiger partial charge in [-0.1, -0.05) is 24.3 Å². The van der Waals surface area contributed by atoms with E-state index in [0.29, 0.717) is 58.2 Å². The van der Waals surface area contributed by atoms with Crippen LogP contribution in [0.4, 0.5) is 5.69 Å². The minimum atomic E-state index is -4.00. The number of fused-ring (bicyclic) bond motifs is 3.